The third kappa shape index (κ3) is 2.43. The number of aromatic amines is 1. The van der Waals surface area contributed by atoms with E-state index in [1.165, 1.54) is 6.20 Å². The number of hydrogen-bond acceptors (Lipinski definition) is 5. The van der Waals surface area contributed by atoms with Crippen LogP contribution < -0.4 is 11.1 Å². The molecule has 8 nitrogen and oxygen atoms in total. The van der Waals surface area contributed by atoms with Crippen molar-refractivity contribution in [2.45, 2.75) is 19.4 Å². The maximum atomic E-state index is 11.9. The average molecular weight is 253 g/mol. The summed E-state index contributed by atoms with van der Waals surface area (Å²) in [7, 11) is 0. The van der Waals surface area contributed by atoms with Gasteiger partial charge in [-0.3, -0.25) is 9.89 Å². The number of nitrogens with two attached hydrogens (primary N) is 1. The predicted molar refractivity (Wildman–Crippen MR) is 63.2 cm³/mol. The Kier molecular flexibility index (Phi) is 3.47. The lowest BCUT2D eigenvalue weighted by molar-refractivity contribution is -0.119. The van der Waals surface area contributed by atoms with Gasteiger partial charge in [-0.25, -0.2) is 0 Å². The molecule has 0 bridgehead atoms. The highest BCUT2D eigenvalue weighted by molar-refractivity contribution is 6.04. The summed E-state index contributed by atoms with van der Waals surface area (Å²) in [4.78, 5) is 11.9. The van der Waals surface area contributed by atoms with Crippen LogP contribution in [0.2, 0.25) is 0 Å². The SMILES string of the molecule is CC1CC(C(=O)Nc2[nH]ncc2C(N)=NO)CO1. The Balaban J connectivity index is 2.06. The number of H-pyrrole nitrogens is 1. The van der Waals surface area contributed by atoms with Crippen molar-refractivity contribution in [3.05, 3.63) is 11.8 Å². The van der Waals surface area contributed by atoms with Crippen molar-refractivity contribution in [2.75, 3.05) is 11.9 Å². The van der Waals surface area contributed by atoms with Gasteiger partial charge < -0.3 is 21.0 Å². The number of aromatic nitrogens is 2. The van der Waals surface area contributed by atoms with Crippen molar-refractivity contribution in [1.82, 2.24) is 10.2 Å². The minimum atomic E-state index is -0.191. The van der Waals surface area contributed by atoms with Crippen molar-refractivity contribution >= 4 is 17.6 Å². The Bertz CT molecular complexity index is 470. The van der Waals surface area contributed by atoms with Gasteiger partial charge in [-0.05, 0) is 13.3 Å². The molecule has 1 aromatic heterocycles. The van der Waals surface area contributed by atoms with Gasteiger partial charge in [-0.2, -0.15) is 5.10 Å². The Hall–Kier alpha value is -2.09. The lowest BCUT2D eigenvalue weighted by Crippen LogP contribution is -2.25. The third-order valence-corrected chi connectivity index (χ3v) is 2.84. The highest BCUT2D eigenvalue weighted by Crippen LogP contribution is 2.21. The molecule has 0 saturated carbocycles. The van der Waals surface area contributed by atoms with E-state index in [1.54, 1.807) is 0 Å². The molecule has 1 aliphatic rings. The summed E-state index contributed by atoms with van der Waals surface area (Å²) >= 11 is 0. The van der Waals surface area contributed by atoms with Crippen molar-refractivity contribution in [3.63, 3.8) is 0 Å². The topological polar surface area (TPSA) is 126 Å². The fraction of sp³-hybridized carbons (Fsp3) is 0.500. The number of anilines is 1. The number of carbonyl (C=O) groups is 1. The molecule has 18 heavy (non-hydrogen) atoms. The number of oxime groups is 1. The quantitative estimate of drug-likeness (QED) is 0.258. The first-order valence-electron chi connectivity index (χ1n) is 5.55. The van der Waals surface area contributed by atoms with E-state index in [4.69, 9.17) is 15.7 Å². The molecule has 1 aliphatic heterocycles. The van der Waals surface area contributed by atoms with Crippen LogP contribution in [0.1, 0.15) is 18.9 Å². The van der Waals surface area contributed by atoms with E-state index in [0.29, 0.717) is 24.4 Å². The second kappa shape index (κ2) is 5.05. The molecule has 2 unspecified atom stereocenters. The molecule has 0 radical (unpaired) electrons. The number of rotatable bonds is 3. The lowest BCUT2D eigenvalue weighted by atomic mass is 10.1. The normalized spacial score (nSPS) is 24.2. The molecule has 1 aromatic rings. The van der Waals surface area contributed by atoms with E-state index in [9.17, 15) is 4.79 Å². The molecule has 5 N–H and O–H groups in total. The second-order valence-electron chi connectivity index (χ2n) is 4.21. The number of amidine groups is 1. The van der Waals surface area contributed by atoms with E-state index in [-0.39, 0.29) is 23.8 Å². The molecular weight excluding hydrogens is 238 g/mol. The van der Waals surface area contributed by atoms with Crippen LogP contribution in [0.15, 0.2) is 11.4 Å². The van der Waals surface area contributed by atoms with Crippen LogP contribution in [0.5, 0.6) is 0 Å². The van der Waals surface area contributed by atoms with Gasteiger partial charge in [0.25, 0.3) is 0 Å². The van der Waals surface area contributed by atoms with Gasteiger partial charge in [0.2, 0.25) is 5.91 Å². The molecule has 8 heteroatoms. The van der Waals surface area contributed by atoms with Gasteiger partial charge in [0.15, 0.2) is 5.84 Å². The zero-order chi connectivity index (χ0) is 13.1. The minimum Gasteiger partial charge on any atom is -0.409 e. The second-order valence-corrected chi connectivity index (χ2v) is 4.21. The Morgan fingerprint density at radius 2 is 2.56 bits per heavy atom. The smallest absolute Gasteiger partial charge is 0.231 e. The molecular formula is C10H15N5O3. The Labute approximate surface area is 103 Å². The van der Waals surface area contributed by atoms with Crippen LogP contribution in [0, 0.1) is 5.92 Å². The maximum Gasteiger partial charge on any atom is 0.231 e. The van der Waals surface area contributed by atoms with E-state index in [0.717, 1.165) is 0 Å². The zero-order valence-electron chi connectivity index (χ0n) is 9.88. The van der Waals surface area contributed by atoms with Crippen molar-refractivity contribution in [2.24, 2.45) is 16.8 Å². The minimum absolute atomic E-state index is 0.0889. The van der Waals surface area contributed by atoms with Gasteiger partial charge in [0, 0.05) is 0 Å². The van der Waals surface area contributed by atoms with E-state index < -0.39 is 0 Å². The van der Waals surface area contributed by atoms with Crippen molar-refractivity contribution in [1.29, 1.82) is 0 Å². The molecule has 0 aromatic carbocycles. The number of amides is 1. The van der Waals surface area contributed by atoms with Crippen molar-refractivity contribution < 1.29 is 14.7 Å². The number of nitrogens with zero attached hydrogens (tertiary/aromatic N) is 2. The van der Waals surface area contributed by atoms with Crippen LogP contribution in [0.25, 0.3) is 0 Å². The summed E-state index contributed by atoms with van der Waals surface area (Å²) in [6, 6.07) is 0. The average Bonchev–Trinajstić information content (AvgIpc) is 2.97. The summed E-state index contributed by atoms with van der Waals surface area (Å²) in [5, 5.41) is 20.5. The lowest BCUT2D eigenvalue weighted by Gasteiger charge is -2.08. The van der Waals surface area contributed by atoms with Crippen LogP contribution >= 0.6 is 0 Å². The van der Waals surface area contributed by atoms with Gasteiger partial charge in [0.1, 0.15) is 5.82 Å². The fourth-order valence-corrected chi connectivity index (χ4v) is 1.85. The maximum absolute atomic E-state index is 11.9. The summed E-state index contributed by atoms with van der Waals surface area (Å²) in [5.74, 6) is -0.163. The summed E-state index contributed by atoms with van der Waals surface area (Å²) < 4.78 is 5.33. The van der Waals surface area contributed by atoms with Crippen LogP contribution in [-0.4, -0.2) is 39.9 Å². The molecule has 2 rings (SSSR count). The molecule has 1 amide bonds. The Morgan fingerprint density at radius 3 is 3.17 bits per heavy atom. The molecule has 2 heterocycles. The summed E-state index contributed by atoms with van der Waals surface area (Å²) in [6.07, 6.45) is 2.14. The molecule has 1 fully saturated rings. The van der Waals surface area contributed by atoms with Gasteiger partial charge in [-0.1, -0.05) is 5.16 Å². The molecule has 0 aliphatic carbocycles. The first-order valence-corrected chi connectivity index (χ1v) is 5.55. The van der Waals surface area contributed by atoms with Crippen molar-refractivity contribution in [3.8, 4) is 0 Å². The van der Waals surface area contributed by atoms with Gasteiger partial charge in [0.05, 0.1) is 30.4 Å². The van der Waals surface area contributed by atoms with E-state index in [1.807, 2.05) is 6.92 Å². The Morgan fingerprint density at radius 1 is 1.78 bits per heavy atom. The third-order valence-electron chi connectivity index (χ3n) is 2.84. The highest BCUT2D eigenvalue weighted by atomic mass is 16.5. The first-order chi connectivity index (χ1) is 8.61. The molecule has 2 atom stereocenters. The van der Waals surface area contributed by atoms with Crippen LogP contribution in [0.3, 0.4) is 0 Å². The monoisotopic (exact) mass is 253 g/mol. The fourth-order valence-electron chi connectivity index (χ4n) is 1.85. The van der Waals surface area contributed by atoms with Gasteiger partial charge >= 0.3 is 0 Å². The first kappa shape index (κ1) is 12.4. The number of hydrogen-bond donors (Lipinski definition) is 4. The number of nitrogens with one attached hydrogen (secondary N) is 2. The largest absolute Gasteiger partial charge is 0.409 e. The standard InChI is InChI=1S/C10H15N5O3/c1-5-2-6(4-18-5)10(16)13-9-7(3-12-14-9)8(11)15-17/h3,5-6,17H,2,4H2,1H3,(H2,11,15)(H2,12,13,14,16). The van der Waals surface area contributed by atoms with E-state index in [2.05, 4.69) is 20.7 Å². The van der Waals surface area contributed by atoms with Crippen LogP contribution in [0.4, 0.5) is 5.82 Å². The summed E-state index contributed by atoms with van der Waals surface area (Å²) in [5.41, 5.74) is 5.80. The van der Waals surface area contributed by atoms with E-state index >= 15 is 0 Å². The molecule has 0 spiro atoms. The van der Waals surface area contributed by atoms with Crippen LogP contribution in [-0.2, 0) is 9.53 Å². The summed E-state index contributed by atoms with van der Waals surface area (Å²) in [6.45, 7) is 2.32. The highest BCUT2D eigenvalue weighted by Gasteiger charge is 2.29. The predicted octanol–water partition coefficient (Wildman–Crippen LogP) is -0.132. The number of ether oxygens (including phenoxy) is 1. The molecule has 98 valence electrons. The zero-order valence-corrected chi connectivity index (χ0v) is 9.88. The van der Waals surface area contributed by atoms with Gasteiger partial charge in [-0.15, -0.1) is 0 Å². The number of carbonyl (C=O) groups excluding carboxylic acids is 1. The molecule has 1 saturated heterocycles.